The van der Waals surface area contributed by atoms with E-state index in [0.29, 0.717) is 0 Å². The van der Waals surface area contributed by atoms with Crippen molar-refractivity contribution in [1.29, 1.82) is 0 Å². The lowest BCUT2D eigenvalue weighted by Crippen LogP contribution is -2.20. The van der Waals surface area contributed by atoms with E-state index in [2.05, 4.69) is 24.6 Å². The van der Waals surface area contributed by atoms with Crippen LogP contribution in [0.5, 0.6) is 0 Å². The monoisotopic (exact) mass is 211 g/mol. The molecule has 0 N–H and O–H groups in total. The molecule has 0 aromatic carbocycles. The minimum absolute atomic E-state index is 0.958. The van der Waals surface area contributed by atoms with Crippen molar-refractivity contribution in [2.45, 2.75) is 6.92 Å². The number of rotatable bonds is 2. The highest BCUT2D eigenvalue weighted by atomic mass is 19.5. The Labute approximate surface area is 80.6 Å². The molecule has 0 unspecified atom stereocenters. The van der Waals surface area contributed by atoms with Gasteiger partial charge in [-0.25, -0.2) is 0 Å². The Hall–Kier alpha value is -1.14. The van der Waals surface area contributed by atoms with E-state index in [1.54, 1.807) is 0 Å². The molecule has 7 heteroatoms. The van der Waals surface area contributed by atoms with Gasteiger partial charge in [0.25, 0.3) is 0 Å². The van der Waals surface area contributed by atoms with E-state index in [0.717, 1.165) is 13.2 Å². The highest BCUT2D eigenvalue weighted by molar-refractivity contribution is 6.50. The smallest absolute Gasteiger partial charge is 0.418 e. The van der Waals surface area contributed by atoms with Gasteiger partial charge in [0.15, 0.2) is 0 Å². The Kier molecular flexibility index (Phi) is 5.11. The van der Waals surface area contributed by atoms with E-state index < -0.39 is 7.25 Å². The molecule has 0 atom stereocenters. The Balaban J connectivity index is 0.000000292. The van der Waals surface area contributed by atoms with Crippen LogP contribution in [0.2, 0.25) is 0 Å². The second-order valence-corrected chi connectivity index (χ2v) is 2.54. The summed E-state index contributed by atoms with van der Waals surface area (Å²) in [7, 11) is -6.00. The van der Waals surface area contributed by atoms with E-state index in [-0.39, 0.29) is 0 Å². The average molecular weight is 211 g/mol. The predicted octanol–water partition coefficient (Wildman–Crippen LogP) is 2.50. The molecule has 14 heavy (non-hydrogen) atoms. The fourth-order valence-corrected chi connectivity index (χ4v) is 0.808. The topological polar surface area (TPSA) is 6.48 Å². The van der Waals surface area contributed by atoms with Gasteiger partial charge in [-0.15, -0.1) is 0 Å². The SMILES string of the molecule is C=CN1C=CN(CC)C1.F[B-](F)(F)F. The first-order valence-electron chi connectivity index (χ1n) is 4.04. The fourth-order valence-electron chi connectivity index (χ4n) is 0.808. The lowest BCUT2D eigenvalue weighted by molar-refractivity contribution is 0.328. The predicted molar refractivity (Wildman–Crippen MR) is 48.6 cm³/mol. The largest absolute Gasteiger partial charge is 0.673 e. The van der Waals surface area contributed by atoms with Crippen molar-refractivity contribution < 1.29 is 17.3 Å². The zero-order valence-electron chi connectivity index (χ0n) is 7.84. The van der Waals surface area contributed by atoms with Crippen molar-refractivity contribution in [3.05, 3.63) is 25.2 Å². The Morgan fingerprint density at radius 2 is 1.86 bits per heavy atom. The number of hydrogen-bond acceptors (Lipinski definition) is 2. The third-order valence-corrected chi connectivity index (χ3v) is 1.45. The Morgan fingerprint density at radius 3 is 2.07 bits per heavy atom. The summed E-state index contributed by atoms with van der Waals surface area (Å²) in [6, 6.07) is 0. The van der Waals surface area contributed by atoms with Gasteiger partial charge in [-0.3, -0.25) is 0 Å². The summed E-state index contributed by atoms with van der Waals surface area (Å²) in [5.41, 5.74) is 0. The Bertz CT molecular complexity index is 198. The van der Waals surface area contributed by atoms with Crippen LogP contribution in [0.15, 0.2) is 25.2 Å². The van der Waals surface area contributed by atoms with Gasteiger partial charge in [-0.2, -0.15) is 0 Å². The maximum atomic E-state index is 9.75. The van der Waals surface area contributed by atoms with Gasteiger partial charge in [0.05, 0.1) is 6.67 Å². The van der Waals surface area contributed by atoms with Crippen LogP contribution in [0.1, 0.15) is 6.92 Å². The summed E-state index contributed by atoms with van der Waals surface area (Å²) < 4.78 is 39.0. The van der Waals surface area contributed by atoms with Gasteiger partial charge in [-0.05, 0) is 13.1 Å². The van der Waals surface area contributed by atoms with Crippen LogP contribution in [-0.2, 0) is 0 Å². The second kappa shape index (κ2) is 5.56. The number of hydrogen-bond donors (Lipinski definition) is 0. The van der Waals surface area contributed by atoms with Crippen LogP contribution >= 0.6 is 0 Å². The van der Waals surface area contributed by atoms with Crippen molar-refractivity contribution >= 4 is 7.25 Å². The molecule has 1 heterocycles. The quantitative estimate of drug-likeness (QED) is 0.511. The summed E-state index contributed by atoms with van der Waals surface area (Å²) in [5.74, 6) is 0. The molecule has 0 aromatic heterocycles. The van der Waals surface area contributed by atoms with Gasteiger partial charge in [0, 0.05) is 18.9 Å². The summed E-state index contributed by atoms with van der Waals surface area (Å²) >= 11 is 0. The molecule has 82 valence electrons. The summed E-state index contributed by atoms with van der Waals surface area (Å²) in [4.78, 5) is 4.26. The van der Waals surface area contributed by atoms with E-state index in [1.807, 2.05) is 17.3 Å². The summed E-state index contributed by atoms with van der Waals surface area (Å²) in [5, 5.41) is 0. The van der Waals surface area contributed by atoms with Crippen LogP contribution in [-0.4, -0.2) is 30.3 Å². The van der Waals surface area contributed by atoms with Gasteiger partial charge in [0.1, 0.15) is 0 Å². The average Bonchev–Trinajstić information content (AvgIpc) is 2.48. The molecule has 0 saturated heterocycles. The van der Waals surface area contributed by atoms with E-state index in [4.69, 9.17) is 0 Å². The molecule has 0 fully saturated rings. The molecule has 2 nitrogen and oxygen atoms in total. The standard InChI is InChI=1S/C7H12N2.BF4/c1-3-8-5-6-9(4-2)7-8;2-1(3,4)5/h3,5-6H,1,4,7H2,2H3;/q;-1. The molecular formula is C7H12BF4N2-. The number of halogens is 4. The molecule has 1 rings (SSSR count). The minimum atomic E-state index is -6.00. The molecule has 1 aliphatic heterocycles. The van der Waals surface area contributed by atoms with Gasteiger partial charge in [-0.1, -0.05) is 6.58 Å². The zero-order valence-corrected chi connectivity index (χ0v) is 7.84. The van der Waals surface area contributed by atoms with Crippen molar-refractivity contribution in [3.8, 4) is 0 Å². The lowest BCUT2D eigenvalue weighted by atomic mass is 10.3. The van der Waals surface area contributed by atoms with E-state index in [9.17, 15) is 17.3 Å². The third-order valence-electron chi connectivity index (χ3n) is 1.45. The highest BCUT2D eigenvalue weighted by Crippen LogP contribution is 2.06. The molecular weight excluding hydrogens is 199 g/mol. The Morgan fingerprint density at radius 1 is 1.36 bits per heavy atom. The van der Waals surface area contributed by atoms with E-state index >= 15 is 0 Å². The summed E-state index contributed by atoms with van der Waals surface area (Å²) in [6.45, 7) is 7.82. The molecule has 1 aliphatic rings. The van der Waals surface area contributed by atoms with Crippen molar-refractivity contribution in [1.82, 2.24) is 9.80 Å². The zero-order chi connectivity index (χ0) is 11.2. The van der Waals surface area contributed by atoms with Crippen LogP contribution in [0.4, 0.5) is 17.3 Å². The van der Waals surface area contributed by atoms with Gasteiger partial charge in [0.2, 0.25) is 0 Å². The first-order valence-corrected chi connectivity index (χ1v) is 4.04. The normalized spacial score (nSPS) is 15.2. The van der Waals surface area contributed by atoms with Crippen molar-refractivity contribution in [2.24, 2.45) is 0 Å². The molecule has 0 aromatic rings. The van der Waals surface area contributed by atoms with Gasteiger partial charge < -0.3 is 27.1 Å². The van der Waals surface area contributed by atoms with Crippen LogP contribution in [0, 0.1) is 0 Å². The summed E-state index contributed by atoms with van der Waals surface area (Å²) in [6.07, 6.45) is 5.92. The highest BCUT2D eigenvalue weighted by Gasteiger charge is 2.20. The fraction of sp³-hybridized carbons (Fsp3) is 0.429. The van der Waals surface area contributed by atoms with Crippen molar-refractivity contribution in [3.63, 3.8) is 0 Å². The molecule has 0 amide bonds. The number of nitrogens with zero attached hydrogens (tertiary/aromatic N) is 2. The lowest BCUT2D eigenvalue weighted by Gasteiger charge is -2.15. The van der Waals surface area contributed by atoms with E-state index in [1.165, 1.54) is 0 Å². The molecule has 0 aliphatic carbocycles. The molecule has 0 bridgehead atoms. The van der Waals surface area contributed by atoms with Crippen LogP contribution < -0.4 is 0 Å². The van der Waals surface area contributed by atoms with Crippen molar-refractivity contribution in [2.75, 3.05) is 13.2 Å². The molecule has 0 saturated carbocycles. The maximum absolute atomic E-state index is 9.75. The first-order chi connectivity index (χ1) is 6.36. The minimum Gasteiger partial charge on any atom is -0.418 e. The maximum Gasteiger partial charge on any atom is 0.673 e. The van der Waals surface area contributed by atoms with Crippen LogP contribution in [0.25, 0.3) is 0 Å². The third kappa shape index (κ3) is 7.51. The van der Waals surface area contributed by atoms with Crippen LogP contribution in [0.3, 0.4) is 0 Å². The first kappa shape index (κ1) is 12.9. The molecule has 0 spiro atoms. The second-order valence-electron chi connectivity index (χ2n) is 2.54. The molecule has 0 radical (unpaired) electrons. The van der Waals surface area contributed by atoms with Gasteiger partial charge >= 0.3 is 7.25 Å².